The number of likely N-dealkylation sites (tertiary alicyclic amines) is 2. The van der Waals surface area contributed by atoms with Crippen molar-refractivity contribution in [3.05, 3.63) is 65.5 Å². The van der Waals surface area contributed by atoms with Crippen LogP contribution in [0.3, 0.4) is 0 Å². The number of rotatable bonds is 4. The molecule has 2 aliphatic heterocycles. The van der Waals surface area contributed by atoms with Crippen molar-refractivity contribution in [3.8, 4) is 5.75 Å². The predicted octanol–water partition coefficient (Wildman–Crippen LogP) is 3.96. The molecule has 1 atom stereocenters. The number of nitrogens with zero attached hydrogens (tertiary/aromatic N) is 2. The standard InChI is InChI=1S/C23H27FN2O2/c1-28-21-9-5-19(6-10-21)22(27)26-14-12-23(17-26)11-2-13-25(16-23)15-18-3-7-20(24)8-4-18/h3-10H,2,11-17H2,1H3/t23-/m0/s1. The third-order valence-electron chi connectivity index (χ3n) is 6.12. The van der Waals surface area contributed by atoms with Crippen molar-refractivity contribution >= 4 is 5.91 Å². The van der Waals surface area contributed by atoms with Gasteiger partial charge in [0, 0.05) is 37.2 Å². The summed E-state index contributed by atoms with van der Waals surface area (Å²) in [4.78, 5) is 17.4. The average molecular weight is 382 g/mol. The van der Waals surface area contributed by atoms with Crippen molar-refractivity contribution in [1.29, 1.82) is 0 Å². The highest BCUT2D eigenvalue weighted by Crippen LogP contribution is 2.39. The van der Waals surface area contributed by atoms with Gasteiger partial charge in [0.25, 0.3) is 5.91 Å². The zero-order valence-corrected chi connectivity index (χ0v) is 16.4. The number of carbonyl (C=O) groups is 1. The van der Waals surface area contributed by atoms with Crippen LogP contribution in [0.4, 0.5) is 4.39 Å². The maximum Gasteiger partial charge on any atom is 0.253 e. The van der Waals surface area contributed by atoms with Crippen LogP contribution in [0, 0.1) is 11.2 Å². The summed E-state index contributed by atoms with van der Waals surface area (Å²) in [5.41, 5.74) is 2.04. The molecule has 1 spiro atoms. The Hall–Kier alpha value is -2.40. The second-order valence-electron chi connectivity index (χ2n) is 8.15. The van der Waals surface area contributed by atoms with E-state index in [1.807, 2.05) is 41.3 Å². The van der Waals surface area contributed by atoms with Crippen molar-refractivity contribution < 1.29 is 13.9 Å². The summed E-state index contributed by atoms with van der Waals surface area (Å²) in [6, 6.07) is 14.1. The number of benzene rings is 2. The molecule has 0 bridgehead atoms. The lowest BCUT2D eigenvalue weighted by Gasteiger charge is -2.40. The summed E-state index contributed by atoms with van der Waals surface area (Å²) in [7, 11) is 1.63. The van der Waals surface area contributed by atoms with Crippen molar-refractivity contribution in [1.82, 2.24) is 9.80 Å². The zero-order chi connectivity index (χ0) is 19.6. The first kappa shape index (κ1) is 18.9. The Bertz CT molecular complexity index is 822. The Labute approximate surface area is 165 Å². The molecule has 5 heteroatoms. The first-order chi connectivity index (χ1) is 13.6. The van der Waals surface area contributed by atoms with Gasteiger partial charge in [0.2, 0.25) is 0 Å². The SMILES string of the molecule is COc1ccc(C(=O)N2CC[C@]3(CCCN(Cc4ccc(F)cc4)C3)C2)cc1. The van der Waals surface area contributed by atoms with Crippen LogP contribution in [-0.2, 0) is 6.54 Å². The number of ether oxygens (including phenoxy) is 1. The van der Waals surface area contributed by atoms with Crippen LogP contribution in [0.1, 0.15) is 35.2 Å². The highest BCUT2D eigenvalue weighted by atomic mass is 19.1. The molecule has 4 rings (SSSR count). The summed E-state index contributed by atoms with van der Waals surface area (Å²) in [6.07, 6.45) is 3.36. The number of methoxy groups -OCH3 is 1. The molecule has 0 aromatic heterocycles. The Kier molecular flexibility index (Phi) is 5.36. The monoisotopic (exact) mass is 382 g/mol. The van der Waals surface area contributed by atoms with Gasteiger partial charge < -0.3 is 9.64 Å². The van der Waals surface area contributed by atoms with Gasteiger partial charge in [-0.1, -0.05) is 12.1 Å². The fourth-order valence-electron chi connectivity index (χ4n) is 4.65. The van der Waals surface area contributed by atoms with Crippen LogP contribution >= 0.6 is 0 Å². The van der Waals surface area contributed by atoms with E-state index in [4.69, 9.17) is 4.74 Å². The van der Waals surface area contributed by atoms with Gasteiger partial charge in [-0.2, -0.15) is 0 Å². The minimum atomic E-state index is -0.192. The van der Waals surface area contributed by atoms with Crippen molar-refractivity contribution in [2.24, 2.45) is 5.41 Å². The van der Waals surface area contributed by atoms with E-state index in [2.05, 4.69) is 4.90 Å². The number of carbonyl (C=O) groups excluding carboxylic acids is 1. The molecular formula is C23H27FN2O2. The van der Waals surface area contributed by atoms with Crippen molar-refractivity contribution in [2.45, 2.75) is 25.8 Å². The number of hydrogen-bond donors (Lipinski definition) is 0. The van der Waals surface area contributed by atoms with E-state index in [-0.39, 0.29) is 17.1 Å². The molecule has 0 saturated carbocycles. The number of halogens is 1. The van der Waals surface area contributed by atoms with Crippen LogP contribution in [0.15, 0.2) is 48.5 Å². The molecule has 2 saturated heterocycles. The van der Waals surface area contributed by atoms with Gasteiger partial charge in [-0.3, -0.25) is 9.69 Å². The normalized spacial score (nSPS) is 22.6. The molecule has 0 unspecified atom stereocenters. The number of piperidine rings is 1. The Morgan fingerprint density at radius 1 is 1.04 bits per heavy atom. The van der Waals surface area contributed by atoms with Crippen LogP contribution in [-0.4, -0.2) is 49.0 Å². The van der Waals surface area contributed by atoms with Crippen LogP contribution in [0.25, 0.3) is 0 Å². The maximum atomic E-state index is 13.1. The Morgan fingerprint density at radius 2 is 1.79 bits per heavy atom. The van der Waals surface area contributed by atoms with Crippen LogP contribution in [0.5, 0.6) is 5.75 Å². The van der Waals surface area contributed by atoms with Gasteiger partial charge in [0.15, 0.2) is 0 Å². The predicted molar refractivity (Wildman–Crippen MR) is 107 cm³/mol. The maximum absolute atomic E-state index is 13.1. The third-order valence-corrected chi connectivity index (χ3v) is 6.12. The quantitative estimate of drug-likeness (QED) is 0.802. The van der Waals surface area contributed by atoms with Crippen molar-refractivity contribution in [2.75, 3.05) is 33.3 Å². The Morgan fingerprint density at radius 3 is 2.50 bits per heavy atom. The third kappa shape index (κ3) is 4.04. The molecule has 2 aliphatic rings. The first-order valence-electron chi connectivity index (χ1n) is 9.97. The van der Waals surface area contributed by atoms with Crippen molar-refractivity contribution in [3.63, 3.8) is 0 Å². The fourth-order valence-corrected chi connectivity index (χ4v) is 4.65. The molecule has 2 heterocycles. The van der Waals surface area contributed by atoms with Gasteiger partial charge in [-0.25, -0.2) is 4.39 Å². The zero-order valence-electron chi connectivity index (χ0n) is 16.4. The molecule has 0 radical (unpaired) electrons. The van der Waals surface area contributed by atoms with E-state index in [0.29, 0.717) is 0 Å². The van der Waals surface area contributed by atoms with Gasteiger partial charge >= 0.3 is 0 Å². The van der Waals surface area contributed by atoms with E-state index in [1.54, 1.807) is 7.11 Å². The van der Waals surface area contributed by atoms with Gasteiger partial charge in [0.1, 0.15) is 11.6 Å². The molecule has 2 aromatic rings. The molecule has 2 fully saturated rings. The van der Waals surface area contributed by atoms with E-state index >= 15 is 0 Å². The largest absolute Gasteiger partial charge is 0.497 e. The molecule has 148 valence electrons. The van der Waals surface area contributed by atoms with E-state index in [0.717, 1.165) is 62.4 Å². The molecule has 0 aliphatic carbocycles. The summed E-state index contributed by atoms with van der Waals surface area (Å²) >= 11 is 0. The van der Waals surface area contributed by atoms with Crippen LogP contribution < -0.4 is 4.74 Å². The first-order valence-corrected chi connectivity index (χ1v) is 9.97. The smallest absolute Gasteiger partial charge is 0.253 e. The highest BCUT2D eigenvalue weighted by Gasteiger charge is 2.42. The summed E-state index contributed by atoms with van der Waals surface area (Å²) in [6.45, 7) is 4.53. The Balaban J connectivity index is 1.39. The minimum Gasteiger partial charge on any atom is -0.497 e. The minimum absolute atomic E-state index is 0.107. The van der Waals surface area contributed by atoms with E-state index in [1.165, 1.54) is 18.6 Å². The topological polar surface area (TPSA) is 32.8 Å². The number of hydrogen-bond acceptors (Lipinski definition) is 3. The number of amides is 1. The lowest BCUT2D eigenvalue weighted by atomic mass is 9.79. The lowest BCUT2D eigenvalue weighted by molar-refractivity contribution is 0.0675. The van der Waals surface area contributed by atoms with E-state index in [9.17, 15) is 9.18 Å². The molecule has 2 aromatic carbocycles. The summed E-state index contributed by atoms with van der Waals surface area (Å²) in [5.74, 6) is 0.677. The summed E-state index contributed by atoms with van der Waals surface area (Å²) < 4.78 is 18.3. The molecule has 4 nitrogen and oxygen atoms in total. The average Bonchev–Trinajstić information content (AvgIpc) is 3.12. The van der Waals surface area contributed by atoms with Crippen LogP contribution in [0.2, 0.25) is 0 Å². The summed E-state index contributed by atoms with van der Waals surface area (Å²) in [5, 5.41) is 0. The second kappa shape index (κ2) is 7.92. The molecule has 28 heavy (non-hydrogen) atoms. The molecular weight excluding hydrogens is 355 g/mol. The fraction of sp³-hybridized carbons (Fsp3) is 0.435. The van der Waals surface area contributed by atoms with Gasteiger partial charge in [-0.05, 0) is 67.8 Å². The van der Waals surface area contributed by atoms with Gasteiger partial charge in [-0.15, -0.1) is 0 Å². The molecule has 0 N–H and O–H groups in total. The molecule has 1 amide bonds. The lowest BCUT2D eigenvalue weighted by Crippen LogP contribution is -2.45. The second-order valence-corrected chi connectivity index (χ2v) is 8.15. The van der Waals surface area contributed by atoms with E-state index < -0.39 is 0 Å². The highest BCUT2D eigenvalue weighted by molar-refractivity contribution is 5.94. The van der Waals surface area contributed by atoms with Gasteiger partial charge in [0.05, 0.1) is 7.11 Å².